The standard InChI is InChI=1S/C10H15F4NO2/c11-7(12)10(13,14)8(17)15-9(6-16)4-2-1-3-5-9/h7,16H,1-6H2,(H,15,17). The number of hydrogen-bond donors (Lipinski definition) is 2. The Labute approximate surface area is 96.2 Å². The molecule has 0 aromatic rings. The lowest BCUT2D eigenvalue weighted by Gasteiger charge is -2.37. The summed E-state index contributed by atoms with van der Waals surface area (Å²) in [6.07, 6.45) is -1.17. The van der Waals surface area contributed by atoms with Crippen molar-refractivity contribution in [3.05, 3.63) is 0 Å². The minimum atomic E-state index is -4.71. The molecular formula is C10H15F4NO2. The predicted octanol–water partition coefficient (Wildman–Crippen LogP) is 1.70. The molecule has 0 heterocycles. The van der Waals surface area contributed by atoms with Gasteiger partial charge in [-0.1, -0.05) is 19.3 Å². The van der Waals surface area contributed by atoms with Crippen molar-refractivity contribution in [2.75, 3.05) is 6.61 Å². The van der Waals surface area contributed by atoms with Crippen LogP contribution in [0.5, 0.6) is 0 Å². The van der Waals surface area contributed by atoms with Crippen LogP contribution >= 0.6 is 0 Å². The first kappa shape index (κ1) is 14.2. The van der Waals surface area contributed by atoms with E-state index < -0.39 is 30.4 Å². The summed E-state index contributed by atoms with van der Waals surface area (Å²) in [7, 11) is 0. The lowest BCUT2D eigenvalue weighted by atomic mass is 9.82. The van der Waals surface area contributed by atoms with Crippen molar-refractivity contribution < 1.29 is 27.5 Å². The van der Waals surface area contributed by atoms with Crippen LogP contribution in [-0.4, -0.2) is 35.5 Å². The minimum Gasteiger partial charge on any atom is -0.394 e. The van der Waals surface area contributed by atoms with Gasteiger partial charge in [0.25, 0.3) is 5.91 Å². The van der Waals surface area contributed by atoms with Gasteiger partial charge in [-0.3, -0.25) is 4.79 Å². The van der Waals surface area contributed by atoms with Gasteiger partial charge in [0.15, 0.2) is 0 Å². The fourth-order valence-electron chi connectivity index (χ4n) is 1.97. The van der Waals surface area contributed by atoms with Crippen molar-refractivity contribution >= 4 is 5.91 Å². The van der Waals surface area contributed by atoms with Crippen LogP contribution in [0.2, 0.25) is 0 Å². The summed E-state index contributed by atoms with van der Waals surface area (Å²) < 4.78 is 49.5. The summed E-state index contributed by atoms with van der Waals surface area (Å²) in [5.74, 6) is -6.72. The second-order valence-corrected chi connectivity index (χ2v) is 4.38. The molecule has 1 aliphatic carbocycles. The molecule has 1 aliphatic rings. The molecule has 2 N–H and O–H groups in total. The van der Waals surface area contributed by atoms with Crippen LogP contribution in [0.25, 0.3) is 0 Å². The Morgan fingerprint density at radius 2 is 1.82 bits per heavy atom. The first-order valence-corrected chi connectivity index (χ1v) is 5.43. The molecule has 0 radical (unpaired) electrons. The number of aliphatic hydroxyl groups excluding tert-OH is 1. The van der Waals surface area contributed by atoms with E-state index in [1.165, 1.54) is 0 Å². The second-order valence-electron chi connectivity index (χ2n) is 4.38. The number of carbonyl (C=O) groups is 1. The molecule has 3 nitrogen and oxygen atoms in total. The zero-order valence-electron chi connectivity index (χ0n) is 9.19. The molecule has 0 aliphatic heterocycles. The fourth-order valence-corrected chi connectivity index (χ4v) is 1.97. The molecule has 0 saturated heterocycles. The molecule has 0 unspecified atom stereocenters. The van der Waals surface area contributed by atoms with E-state index in [1.807, 2.05) is 5.32 Å². The Balaban J connectivity index is 2.71. The number of rotatable bonds is 4. The molecule has 0 aromatic carbocycles. The van der Waals surface area contributed by atoms with Gasteiger partial charge in [0.2, 0.25) is 0 Å². The first-order valence-electron chi connectivity index (χ1n) is 5.43. The van der Waals surface area contributed by atoms with Crippen molar-refractivity contribution in [2.45, 2.75) is 50.0 Å². The number of carbonyl (C=O) groups excluding carboxylic acids is 1. The first-order chi connectivity index (χ1) is 7.84. The summed E-state index contributed by atoms with van der Waals surface area (Å²) in [5.41, 5.74) is -1.17. The van der Waals surface area contributed by atoms with E-state index in [0.717, 1.165) is 6.42 Å². The number of halogens is 4. The molecule has 0 bridgehead atoms. The van der Waals surface area contributed by atoms with Crippen LogP contribution in [0.15, 0.2) is 0 Å². The summed E-state index contributed by atoms with van der Waals surface area (Å²) >= 11 is 0. The normalized spacial score (nSPS) is 20.4. The molecule has 0 aromatic heterocycles. The van der Waals surface area contributed by atoms with Crippen molar-refractivity contribution in [2.24, 2.45) is 0 Å². The quantitative estimate of drug-likeness (QED) is 0.753. The van der Waals surface area contributed by atoms with Crippen LogP contribution < -0.4 is 5.32 Å². The van der Waals surface area contributed by atoms with Crippen LogP contribution in [0.3, 0.4) is 0 Å². The third kappa shape index (κ3) is 3.08. The zero-order valence-corrected chi connectivity index (χ0v) is 9.19. The van der Waals surface area contributed by atoms with Crippen LogP contribution in [0, 0.1) is 0 Å². The average molecular weight is 257 g/mol. The van der Waals surface area contributed by atoms with E-state index in [2.05, 4.69) is 0 Å². The smallest absolute Gasteiger partial charge is 0.383 e. The van der Waals surface area contributed by atoms with Crippen LogP contribution in [0.4, 0.5) is 17.6 Å². The van der Waals surface area contributed by atoms with Crippen molar-refractivity contribution in [1.29, 1.82) is 0 Å². The number of nitrogens with one attached hydrogen (secondary N) is 1. The topological polar surface area (TPSA) is 49.3 Å². The largest absolute Gasteiger partial charge is 0.394 e. The van der Waals surface area contributed by atoms with Gasteiger partial charge in [-0.25, -0.2) is 8.78 Å². The van der Waals surface area contributed by atoms with Gasteiger partial charge in [-0.05, 0) is 12.8 Å². The highest BCUT2D eigenvalue weighted by molar-refractivity contribution is 5.84. The van der Waals surface area contributed by atoms with E-state index >= 15 is 0 Å². The summed E-state index contributed by atoms with van der Waals surface area (Å²) in [6.45, 7) is -0.516. The number of aliphatic hydroxyl groups is 1. The summed E-state index contributed by atoms with van der Waals surface area (Å²) in [4.78, 5) is 11.1. The Hall–Kier alpha value is -0.850. The Kier molecular flexibility index (Phi) is 4.35. The lowest BCUT2D eigenvalue weighted by molar-refractivity contribution is -0.172. The van der Waals surface area contributed by atoms with Crippen LogP contribution in [0.1, 0.15) is 32.1 Å². The van der Waals surface area contributed by atoms with Gasteiger partial charge >= 0.3 is 12.3 Å². The van der Waals surface area contributed by atoms with Gasteiger partial charge in [0, 0.05) is 0 Å². The van der Waals surface area contributed by atoms with E-state index in [-0.39, 0.29) is 0 Å². The highest BCUT2D eigenvalue weighted by Gasteiger charge is 2.51. The average Bonchev–Trinajstić information content (AvgIpc) is 2.30. The Morgan fingerprint density at radius 1 is 1.29 bits per heavy atom. The molecule has 17 heavy (non-hydrogen) atoms. The molecule has 1 fully saturated rings. The number of amides is 1. The predicted molar refractivity (Wildman–Crippen MR) is 52.0 cm³/mol. The molecule has 0 atom stereocenters. The maximum absolute atomic E-state index is 12.8. The molecule has 1 saturated carbocycles. The molecule has 1 amide bonds. The maximum Gasteiger partial charge on any atom is 0.383 e. The maximum atomic E-state index is 12.8. The van der Waals surface area contributed by atoms with Crippen molar-refractivity contribution in [1.82, 2.24) is 5.32 Å². The minimum absolute atomic E-state index is 0.328. The second kappa shape index (κ2) is 5.20. The molecule has 1 rings (SSSR count). The Morgan fingerprint density at radius 3 is 2.24 bits per heavy atom. The van der Waals surface area contributed by atoms with Gasteiger partial charge in [0.05, 0.1) is 12.1 Å². The molecule has 100 valence electrons. The monoisotopic (exact) mass is 257 g/mol. The van der Waals surface area contributed by atoms with E-state index in [0.29, 0.717) is 25.7 Å². The zero-order chi connectivity index (χ0) is 13.1. The van der Waals surface area contributed by atoms with E-state index in [4.69, 9.17) is 5.11 Å². The fraction of sp³-hybridized carbons (Fsp3) is 0.900. The third-order valence-electron chi connectivity index (χ3n) is 3.07. The van der Waals surface area contributed by atoms with E-state index in [9.17, 15) is 22.4 Å². The summed E-state index contributed by atoms with van der Waals surface area (Å²) in [6, 6.07) is 0. The van der Waals surface area contributed by atoms with Crippen molar-refractivity contribution in [3.63, 3.8) is 0 Å². The highest BCUT2D eigenvalue weighted by Crippen LogP contribution is 2.30. The molecular weight excluding hydrogens is 242 g/mol. The van der Waals surface area contributed by atoms with Gasteiger partial charge in [-0.2, -0.15) is 8.78 Å². The van der Waals surface area contributed by atoms with Crippen LogP contribution in [-0.2, 0) is 4.79 Å². The lowest BCUT2D eigenvalue weighted by Crippen LogP contribution is -2.58. The van der Waals surface area contributed by atoms with Gasteiger partial charge < -0.3 is 10.4 Å². The Bertz CT molecular complexity index is 277. The summed E-state index contributed by atoms with van der Waals surface area (Å²) in [5, 5.41) is 11.0. The highest BCUT2D eigenvalue weighted by atomic mass is 19.3. The SMILES string of the molecule is O=C(NC1(CO)CCCCC1)C(F)(F)C(F)F. The number of hydrogen-bond acceptors (Lipinski definition) is 2. The van der Waals surface area contributed by atoms with E-state index in [1.54, 1.807) is 0 Å². The molecule has 0 spiro atoms. The van der Waals surface area contributed by atoms with Crippen molar-refractivity contribution in [3.8, 4) is 0 Å². The van der Waals surface area contributed by atoms with Gasteiger partial charge in [0.1, 0.15) is 0 Å². The third-order valence-corrected chi connectivity index (χ3v) is 3.07. The molecule has 7 heteroatoms. The van der Waals surface area contributed by atoms with Gasteiger partial charge in [-0.15, -0.1) is 0 Å². The number of alkyl halides is 4.